The Kier molecular flexibility index (Phi) is 5.41. The number of carbonyl (C=O) groups excluding carboxylic acids is 1. The number of hydrogen-bond donors (Lipinski definition) is 1. The number of nitrogens with zero attached hydrogens (tertiary/aromatic N) is 2. The standard InChI is InChI=1S/C20H20F3N3O3/c1-12(2)11-26-9-8-16-15(19(26)28)10-17(25(16)3)18(27)24-13-4-6-14(7-5-13)29-20(21,22)23/h4-10,12H,11H2,1-3H3,(H,24,27). The first-order valence-corrected chi connectivity index (χ1v) is 8.91. The molecule has 154 valence electrons. The van der Waals surface area contributed by atoms with Gasteiger partial charge in [-0.05, 0) is 42.3 Å². The van der Waals surface area contributed by atoms with E-state index < -0.39 is 12.3 Å². The summed E-state index contributed by atoms with van der Waals surface area (Å²) in [6, 6.07) is 8.11. The molecule has 3 rings (SSSR count). The highest BCUT2D eigenvalue weighted by molar-refractivity contribution is 6.06. The second-order valence-corrected chi connectivity index (χ2v) is 7.08. The predicted octanol–water partition coefficient (Wildman–Crippen LogP) is 4.15. The Labute approximate surface area is 164 Å². The van der Waals surface area contributed by atoms with Crippen molar-refractivity contribution in [1.82, 2.24) is 9.13 Å². The van der Waals surface area contributed by atoms with Crippen LogP contribution in [0.4, 0.5) is 18.9 Å². The molecule has 0 fully saturated rings. The molecule has 1 amide bonds. The molecular weight excluding hydrogens is 387 g/mol. The van der Waals surface area contributed by atoms with Crippen LogP contribution in [0.5, 0.6) is 5.75 Å². The molecule has 0 aliphatic carbocycles. The highest BCUT2D eigenvalue weighted by Gasteiger charge is 2.31. The first-order chi connectivity index (χ1) is 13.5. The van der Waals surface area contributed by atoms with Crippen molar-refractivity contribution in [2.24, 2.45) is 13.0 Å². The molecule has 29 heavy (non-hydrogen) atoms. The zero-order valence-corrected chi connectivity index (χ0v) is 16.1. The molecule has 9 heteroatoms. The molecule has 0 saturated carbocycles. The van der Waals surface area contributed by atoms with Gasteiger partial charge < -0.3 is 19.2 Å². The third-order valence-corrected chi connectivity index (χ3v) is 4.32. The molecule has 0 aliphatic rings. The fraction of sp³-hybridized carbons (Fsp3) is 0.300. The SMILES string of the molecule is CC(C)Cn1ccc2c(cc(C(=O)Nc3ccc(OC(F)(F)F)cc3)n2C)c1=O. The van der Waals surface area contributed by atoms with Gasteiger partial charge >= 0.3 is 6.36 Å². The van der Waals surface area contributed by atoms with Crippen LogP contribution < -0.4 is 15.6 Å². The summed E-state index contributed by atoms with van der Waals surface area (Å²) < 4.78 is 43.7. The van der Waals surface area contributed by atoms with Crippen LogP contribution in [0.15, 0.2) is 47.4 Å². The van der Waals surface area contributed by atoms with Crippen molar-refractivity contribution in [3.05, 3.63) is 58.6 Å². The van der Waals surface area contributed by atoms with E-state index in [0.717, 1.165) is 12.1 Å². The van der Waals surface area contributed by atoms with E-state index >= 15 is 0 Å². The van der Waals surface area contributed by atoms with Crippen molar-refractivity contribution in [3.8, 4) is 5.75 Å². The highest BCUT2D eigenvalue weighted by atomic mass is 19.4. The summed E-state index contributed by atoms with van der Waals surface area (Å²) in [5.41, 5.74) is 0.996. The van der Waals surface area contributed by atoms with Crippen LogP contribution in [0.2, 0.25) is 0 Å². The van der Waals surface area contributed by atoms with Crippen LogP contribution in [0.25, 0.3) is 10.9 Å². The first-order valence-electron chi connectivity index (χ1n) is 8.91. The molecule has 3 aromatic rings. The Hall–Kier alpha value is -3.23. The average Bonchev–Trinajstić information content (AvgIpc) is 2.95. The van der Waals surface area contributed by atoms with Crippen molar-refractivity contribution in [2.45, 2.75) is 26.8 Å². The van der Waals surface area contributed by atoms with Crippen LogP contribution in [0.3, 0.4) is 0 Å². The number of rotatable bonds is 5. The minimum atomic E-state index is -4.78. The normalized spacial score (nSPS) is 11.8. The van der Waals surface area contributed by atoms with Crippen LogP contribution in [0.1, 0.15) is 24.3 Å². The molecule has 0 aliphatic heterocycles. The Morgan fingerprint density at radius 2 is 1.83 bits per heavy atom. The molecule has 0 atom stereocenters. The first kappa shape index (κ1) is 20.5. The maximum absolute atomic E-state index is 12.7. The number of carbonyl (C=O) groups is 1. The summed E-state index contributed by atoms with van der Waals surface area (Å²) in [6.45, 7) is 4.58. The number of ether oxygens (including phenoxy) is 1. The molecule has 1 aromatic carbocycles. The second kappa shape index (κ2) is 7.65. The molecule has 2 heterocycles. The molecule has 0 spiro atoms. The van der Waals surface area contributed by atoms with Gasteiger partial charge in [-0.1, -0.05) is 13.8 Å². The van der Waals surface area contributed by atoms with E-state index in [1.807, 2.05) is 13.8 Å². The van der Waals surface area contributed by atoms with E-state index in [2.05, 4.69) is 10.1 Å². The van der Waals surface area contributed by atoms with Crippen molar-refractivity contribution in [1.29, 1.82) is 0 Å². The van der Waals surface area contributed by atoms with E-state index in [-0.39, 0.29) is 17.0 Å². The number of amides is 1. The zero-order chi connectivity index (χ0) is 21.3. The Morgan fingerprint density at radius 3 is 2.41 bits per heavy atom. The third-order valence-electron chi connectivity index (χ3n) is 4.32. The number of aromatic nitrogens is 2. The molecule has 0 saturated heterocycles. The fourth-order valence-electron chi connectivity index (χ4n) is 3.06. The van der Waals surface area contributed by atoms with Crippen molar-refractivity contribution in [3.63, 3.8) is 0 Å². The average molecular weight is 407 g/mol. The molecule has 6 nitrogen and oxygen atoms in total. The van der Waals surface area contributed by atoms with Crippen LogP contribution in [0, 0.1) is 5.92 Å². The van der Waals surface area contributed by atoms with Gasteiger partial charge in [0.1, 0.15) is 11.4 Å². The van der Waals surface area contributed by atoms with Gasteiger partial charge in [-0.25, -0.2) is 0 Å². The summed E-state index contributed by atoms with van der Waals surface area (Å²) in [5.74, 6) is -0.574. The van der Waals surface area contributed by atoms with E-state index in [4.69, 9.17) is 0 Å². The summed E-state index contributed by atoms with van der Waals surface area (Å²) in [5, 5.41) is 3.04. The number of fused-ring (bicyclic) bond motifs is 1. The largest absolute Gasteiger partial charge is 0.573 e. The predicted molar refractivity (Wildman–Crippen MR) is 103 cm³/mol. The number of pyridine rings is 1. The van der Waals surface area contributed by atoms with E-state index in [1.54, 1.807) is 28.4 Å². The molecule has 0 bridgehead atoms. The highest BCUT2D eigenvalue weighted by Crippen LogP contribution is 2.24. The third kappa shape index (κ3) is 4.61. The van der Waals surface area contributed by atoms with E-state index in [9.17, 15) is 22.8 Å². The lowest BCUT2D eigenvalue weighted by atomic mass is 10.2. The Balaban J connectivity index is 1.85. The minimum absolute atomic E-state index is 0.181. The maximum atomic E-state index is 12.7. The van der Waals surface area contributed by atoms with Crippen molar-refractivity contribution in [2.75, 3.05) is 5.32 Å². The smallest absolute Gasteiger partial charge is 0.406 e. The van der Waals surface area contributed by atoms with Gasteiger partial charge in [-0.2, -0.15) is 0 Å². The molecule has 0 radical (unpaired) electrons. The lowest BCUT2D eigenvalue weighted by molar-refractivity contribution is -0.274. The lowest BCUT2D eigenvalue weighted by Gasteiger charge is -2.10. The number of nitrogens with one attached hydrogen (secondary N) is 1. The topological polar surface area (TPSA) is 65.3 Å². The fourth-order valence-corrected chi connectivity index (χ4v) is 3.06. The Morgan fingerprint density at radius 1 is 1.17 bits per heavy atom. The summed E-state index contributed by atoms with van der Waals surface area (Å²) >= 11 is 0. The van der Waals surface area contributed by atoms with Gasteiger partial charge in [0.25, 0.3) is 11.5 Å². The molecule has 0 unspecified atom stereocenters. The van der Waals surface area contributed by atoms with Gasteiger partial charge in [0.05, 0.1) is 10.9 Å². The van der Waals surface area contributed by atoms with Crippen LogP contribution >= 0.6 is 0 Å². The van der Waals surface area contributed by atoms with Crippen LogP contribution in [-0.4, -0.2) is 21.4 Å². The number of hydrogen-bond acceptors (Lipinski definition) is 3. The summed E-state index contributed by atoms with van der Waals surface area (Å²) in [4.78, 5) is 25.3. The Bertz CT molecular complexity index is 1100. The number of aryl methyl sites for hydroxylation is 1. The van der Waals surface area contributed by atoms with Gasteiger partial charge in [-0.3, -0.25) is 9.59 Å². The number of benzene rings is 1. The monoisotopic (exact) mass is 407 g/mol. The number of anilines is 1. The van der Waals surface area contributed by atoms with Gasteiger partial charge in [0.15, 0.2) is 0 Å². The minimum Gasteiger partial charge on any atom is -0.406 e. The summed E-state index contributed by atoms with van der Waals surface area (Å²) in [7, 11) is 1.67. The van der Waals surface area contributed by atoms with Crippen molar-refractivity contribution < 1.29 is 22.7 Å². The van der Waals surface area contributed by atoms with E-state index in [1.165, 1.54) is 18.2 Å². The lowest BCUT2D eigenvalue weighted by Crippen LogP contribution is -2.21. The molecule has 2 aromatic heterocycles. The zero-order valence-electron chi connectivity index (χ0n) is 16.1. The maximum Gasteiger partial charge on any atom is 0.573 e. The van der Waals surface area contributed by atoms with Gasteiger partial charge in [-0.15, -0.1) is 13.2 Å². The quantitative estimate of drug-likeness (QED) is 0.691. The van der Waals surface area contributed by atoms with Crippen molar-refractivity contribution >= 4 is 22.5 Å². The second-order valence-electron chi connectivity index (χ2n) is 7.08. The molecular formula is C20H20F3N3O3. The van der Waals surface area contributed by atoms with E-state index in [0.29, 0.717) is 29.1 Å². The van der Waals surface area contributed by atoms with Gasteiger partial charge in [0.2, 0.25) is 0 Å². The molecule has 1 N–H and O–H groups in total. The number of halogens is 3. The van der Waals surface area contributed by atoms with Crippen LogP contribution in [-0.2, 0) is 13.6 Å². The van der Waals surface area contributed by atoms with Gasteiger partial charge in [0, 0.05) is 25.5 Å². The summed E-state index contributed by atoms with van der Waals surface area (Å²) in [6.07, 6.45) is -3.08. The number of alkyl halides is 3.